The molecule has 0 bridgehead atoms. The highest BCUT2D eigenvalue weighted by Crippen LogP contribution is 2.42. The largest absolute Gasteiger partial charge is 0.444 e. The third kappa shape index (κ3) is 4.23. The van der Waals surface area contributed by atoms with Gasteiger partial charge in [0, 0.05) is 12.6 Å². The minimum atomic E-state index is -0.507. The van der Waals surface area contributed by atoms with E-state index in [1.54, 1.807) is 0 Å². The van der Waals surface area contributed by atoms with Crippen molar-refractivity contribution in [2.45, 2.75) is 58.2 Å². The highest BCUT2D eigenvalue weighted by Gasteiger charge is 2.46. The van der Waals surface area contributed by atoms with Crippen LogP contribution in [0.3, 0.4) is 0 Å². The number of amides is 1. The van der Waals surface area contributed by atoms with Crippen molar-refractivity contribution in [3.63, 3.8) is 0 Å². The van der Waals surface area contributed by atoms with Gasteiger partial charge in [0.15, 0.2) is 0 Å². The molecule has 4 nitrogen and oxygen atoms in total. The van der Waals surface area contributed by atoms with Crippen LogP contribution < -0.4 is 0 Å². The summed E-state index contributed by atoms with van der Waals surface area (Å²) in [4.78, 5) is 14.5. The van der Waals surface area contributed by atoms with Crippen LogP contribution in [0.5, 0.6) is 0 Å². The lowest BCUT2D eigenvalue weighted by Gasteiger charge is -2.32. The molecule has 22 heavy (non-hydrogen) atoms. The summed E-state index contributed by atoms with van der Waals surface area (Å²) in [6.07, 6.45) is 1.41. The van der Waals surface area contributed by atoms with Crippen LogP contribution in [-0.4, -0.2) is 34.3 Å². The van der Waals surface area contributed by atoms with Crippen LogP contribution in [0.15, 0.2) is 30.3 Å². The first-order valence-corrected chi connectivity index (χ1v) is 8.00. The second-order valence-electron chi connectivity index (χ2n) is 7.05. The quantitative estimate of drug-likeness (QED) is 0.901. The molecule has 0 unspecified atom stereocenters. The van der Waals surface area contributed by atoms with E-state index < -0.39 is 5.60 Å². The summed E-state index contributed by atoms with van der Waals surface area (Å²) in [7, 11) is 0. The van der Waals surface area contributed by atoms with Gasteiger partial charge in [-0.25, -0.2) is 4.79 Å². The Hall–Kier alpha value is -1.55. The predicted molar refractivity (Wildman–Crippen MR) is 86.5 cm³/mol. The normalized spacial score (nSPS) is 22.0. The van der Waals surface area contributed by atoms with Gasteiger partial charge in [0.2, 0.25) is 0 Å². The number of ether oxygens (including phenoxy) is 1. The Morgan fingerprint density at radius 2 is 2.00 bits per heavy atom. The fourth-order valence-electron chi connectivity index (χ4n) is 2.84. The van der Waals surface area contributed by atoms with Gasteiger partial charge in [0.25, 0.3) is 0 Å². The minimum Gasteiger partial charge on any atom is -0.444 e. The zero-order valence-electron chi connectivity index (χ0n) is 14.0. The van der Waals surface area contributed by atoms with E-state index in [-0.39, 0.29) is 24.8 Å². The number of benzene rings is 1. The maximum absolute atomic E-state index is 12.6. The molecule has 2 rings (SSSR count). The lowest BCUT2D eigenvalue weighted by molar-refractivity contribution is 0.0138. The zero-order valence-corrected chi connectivity index (χ0v) is 14.0. The molecule has 1 aliphatic carbocycles. The monoisotopic (exact) mass is 305 g/mol. The summed E-state index contributed by atoms with van der Waals surface area (Å²) < 4.78 is 5.59. The Morgan fingerprint density at radius 3 is 2.55 bits per heavy atom. The number of rotatable bonds is 5. The maximum atomic E-state index is 12.6. The van der Waals surface area contributed by atoms with Crippen molar-refractivity contribution in [2.24, 2.45) is 5.92 Å². The van der Waals surface area contributed by atoms with Gasteiger partial charge < -0.3 is 9.84 Å². The van der Waals surface area contributed by atoms with E-state index in [2.05, 4.69) is 0 Å². The Bertz CT molecular complexity index is 495. The molecular weight excluding hydrogens is 278 g/mol. The molecule has 1 saturated carbocycles. The van der Waals surface area contributed by atoms with Crippen LogP contribution in [-0.2, 0) is 4.74 Å². The van der Waals surface area contributed by atoms with Gasteiger partial charge in [-0.05, 0) is 52.0 Å². The van der Waals surface area contributed by atoms with Crippen LogP contribution in [0.4, 0.5) is 4.79 Å². The molecule has 0 spiro atoms. The summed E-state index contributed by atoms with van der Waals surface area (Å²) in [6.45, 7) is 7.85. The standard InChI is InChI=1S/C18H27NO3/c1-13(14-8-6-5-7-9-14)19(16-12-15(16)10-11-20)17(21)22-18(2,3)4/h5-9,13,15-16,20H,10-12H2,1-4H3/t13-,15+,16+/m1/s1. The van der Waals surface area contributed by atoms with Gasteiger partial charge in [-0.15, -0.1) is 0 Å². The molecule has 122 valence electrons. The summed E-state index contributed by atoms with van der Waals surface area (Å²) in [5.41, 5.74) is 0.593. The predicted octanol–water partition coefficient (Wildman–Crippen LogP) is 3.76. The van der Waals surface area contributed by atoms with Crippen LogP contribution in [0.1, 0.15) is 52.1 Å². The topological polar surface area (TPSA) is 49.8 Å². The molecule has 1 fully saturated rings. The van der Waals surface area contributed by atoms with Crippen LogP contribution >= 0.6 is 0 Å². The fourth-order valence-corrected chi connectivity index (χ4v) is 2.84. The van der Waals surface area contributed by atoms with Crippen molar-refractivity contribution in [1.82, 2.24) is 4.90 Å². The highest BCUT2D eigenvalue weighted by atomic mass is 16.6. The minimum absolute atomic E-state index is 0.0373. The van der Waals surface area contributed by atoms with Crippen LogP contribution in [0.2, 0.25) is 0 Å². The molecule has 0 aliphatic heterocycles. The van der Waals surface area contributed by atoms with Gasteiger partial charge in [-0.3, -0.25) is 4.90 Å². The molecule has 1 N–H and O–H groups in total. The fraction of sp³-hybridized carbons (Fsp3) is 0.611. The molecule has 1 aromatic carbocycles. The Morgan fingerprint density at radius 1 is 1.36 bits per heavy atom. The third-order valence-electron chi connectivity index (χ3n) is 4.05. The lowest BCUT2D eigenvalue weighted by Crippen LogP contribution is -2.40. The summed E-state index contributed by atoms with van der Waals surface area (Å²) >= 11 is 0. The molecule has 0 radical (unpaired) electrons. The molecule has 0 aromatic heterocycles. The molecular formula is C18H27NO3. The Balaban J connectivity index is 2.17. The smallest absolute Gasteiger partial charge is 0.411 e. The van der Waals surface area contributed by atoms with Crippen molar-refractivity contribution >= 4 is 6.09 Å². The second kappa shape index (κ2) is 6.69. The first kappa shape index (κ1) is 16.8. The number of hydrogen-bond acceptors (Lipinski definition) is 3. The van der Waals surface area contributed by atoms with Crippen molar-refractivity contribution < 1.29 is 14.6 Å². The first-order valence-electron chi connectivity index (χ1n) is 8.00. The molecule has 3 atom stereocenters. The van der Waals surface area contributed by atoms with E-state index in [0.29, 0.717) is 5.92 Å². The zero-order chi connectivity index (χ0) is 16.3. The van der Waals surface area contributed by atoms with Gasteiger partial charge in [0.05, 0.1) is 6.04 Å². The van der Waals surface area contributed by atoms with Gasteiger partial charge >= 0.3 is 6.09 Å². The van der Waals surface area contributed by atoms with E-state index in [0.717, 1.165) is 18.4 Å². The van der Waals surface area contributed by atoms with Crippen molar-refractivity contribution in [3.8, 4) is 0 Å². The SMILES string of the molecule is C[C@H](c1ccccc1)N(C(=O)OC(C)(C)C)[C@H]1C[C@@H]1CCO. The van der Waals surface area contributed by atoms with E-state index in [1.165, 1.54) is 0 Å². The maximum Gasteiger partial charge on any atom is 0.411 e. The lowest BCUT2D eigenvalue weighted by atomic mass is 10.1. The number of carbonyl (C=O) groups is 1. The van der Waals surface area contributed by atoms with Crippen molar-refractivity contribution in [1.29, 1.82) is 0 Å². The Kier molecular flexibility index (Phi) is 5.12. The molecule has 0 saturated heterocycles. The number of carbonyl (C=O) groups excluding carboxylic acids is 1. The number of aliphatic hydroxyl groups is 1. The van der Waals surface area contributed by atoms with Crippen molar-refractivity contribution in [2.75, 3.05) is 6.61 Å². The summed E-state index contributed by atoms with van der Waals surface area (Å²) in [5.74, 6) is 0.378. The van der Waals surface area contributed by atoms with Crippen LogP contribution in [0.25, 0.3) is 0 Å². The van der Waals surface area contributed by atoms with Crippen LogP contribution in [0, 0.1) is 5.92 Å². The van der Waals surface area contributed by atoms with Gasteiger partial charge in [-0.1, -0.05) is 30.3 Å². The molecule has 1 amide bonds. The average molecular weight is 305 g/mol. The first-order chi connectivity index (χ1) is 10.3. The van der Waals surface area contributed by atoms with Gasteiger partial charge in [-0.2, -0.15) is 0 Å². The number of hydrogen-bond donors (Lipinski definition) is 1. The second-order valence-corrected chi connectivity index (χ2v) is 7.05. The van der Waals surface area contributed by atoms with Crippen molar-refractivity contribution in [3.05, 3.63) is 35.9 Å². The molecule has 4 heteroatoms. The molecule has 1 aromatic rings. The number of nitrogens with zero attached hydrogens (tertiary/aromatic N) is 1. The summed E-state index contributed by atoms with van der Waals surface area (Å²) in [6, 6.07) is 10.1. The summed E-state index contributed by atoms with van der Waals surface area (Å²) in [5, 5.41) is 9.12. The molecule has 1 aliphatic rings. The van der Waals surface area contributed by atoms with E-state index in [4.69, 9.17) is 9.84 Å². The van der Waals surface area contributed by atoms with E-state index >= 15 is 0 Å². The average Bonchev–Trinajstić information content (AvgIpc) is 3.17. The van der Waals surface area contributed by atoms with Gasteiger partial charge in [0.1, 0.15) is 5.60 Å². The van der Waals surface area contributed by atoms with E-state index in [9.17, 15) is 4.79 Å². The Labute approximate surface area is 133 Å². The van der Waals surface area contributed by atoms with E-state index in [1.807, 2.05) is 62.9 Å². The number of aliphatic hydroxyl groups excluding tert-OH is 1. The molecule has 0 heterocycles. The highest BCUT2D eigenvalue weighted by molar-refractivity contribution is 5.70. The third-order valence-corrected chi connectivity index (χ3v) is 4.05.